The maximum atomic E-state index is 10.6. The lowest BCUT2D eigenvalue weighted by Gasteiger charge is -2.24. The molecule has 0 aliphatic heterocycles. The van der Waals surface area contributed by atoms with Gasteiger partial charge in [-0.25, -0.2) is 4.98 Å². The molecule has 0 aliphatic carbocycles. The van der Waals surface area contributed by atoms with Gasteiger partial charge in [0, 0.05) is 12.6 Å². The Morgan fingerprint density at radius 2 is 2.25 bits per heavy atom. The molecule has 106 valence electrons. The maximum Gasteiger partial charge on any atom is 0.287 e. The highest BCUT2D eigenvalue weighted by molar-refractivity contribution is 7.07. The summed E-state index contributed by atoms with van der Waals surface area (Å²) in [5.41, 5.74) is 1.24. The Morgan fingerprint density at radius 3 is 2.75 bits per heavy atom. The number of nitrogens with one attached hydrogen (secondary N) is 1. The molecule has 2 aromatic rings. The third-order valence-electron chi connectivity index (χ3n) is 2.99. The molecule has 0 amide bonds. The zero-order valence-electron chi connectivity index (χ0n) is 11.3. The second-order valence-corrected chi connectivity index (χ2v) is 5.36. The van der Waals surface area contributed by atoms with Crippen molar-refractivity contribution in [3.63, 3.8) is 0 Å². The third-order valence-corrected chi connectivity index (χ3v) is 3.69. The minimum atomic E-state index is -0.454. The molecular weight excluding hydrogens is 276 g/mol. The van der Waals surface area contributed by atoms with Gasteiger partial charge >= 0.3 is 0 Å². The predicted octanol–water partition coefficient (Wildman–Crippen LogP) is 2.77. The third kappa shape index (κ3) is 3.52. The van der Waals surface area contributed by atoms with E-state index in [-0.39, 0.29) is 11.7 Å². The molecule has 6 nitrogen and oxygen atoms in total. The van der Waals surface area contributed by atoms with Crippen LogP contribution in [0.2, 0.25) is 0 Å². The Bertz CT molecular complexity index is 554. The molecule has 0 aromatic carbocycles. The Hall–Kier alpha value is -1.99. The second kappa shape index (κ2) is 6.44. The molecule has 0 saturated carbocycles. The van der Waals surface area contributed by atoms with Gasteiger partial charge in [0.2, 0.25) is 0 Å². The van der Waals surface area contributed by atoms with Crippen molar-refractivity contribution in [2.45, 2.75) is 6.04 Å². The van der Waals surface area contributed by atoms with Crippen LogP contribution in [-0.4, -0.2) is 35.4 Å². The first-order chi connectivity index (χ1) is 9.58. The van der Waals surface area contributed by atoms with E-state index in [9.17, 15) is 10.1 Å². The summed E-state index contributed by atoms with van der Waals surface area (Å²) in [6.45, 7) is 0.689. The van der Waals surface area contributed by atoms with Crippen molar-refractivity contribution in [2.75, 3.05) is 26.0 Å². The number of thiophene rings is 1. The number of nitrogens with zero attached hydrogens (tertiary/aromatic N) is 3. The van der Waals surface area contributed by atoms with Gasteiger partial charge in [0.25, 0.3) is 5.69 Å². The van der Waals surface area contributed by atoms with Gasteiger partial charge in [-0.2, -0.15) is 11.3 Å². The smallest absolute Gasteiger partial charge is 0.287 e. The van der Waals surface area contributed by atoms with Gasteiger partial charge in [-0.15, -0.1) is 0 Å². The number of aromatic nitrogens is 1. The summed E-state index contributed by atoms with van der Waals surface area (Å²) < 4.78 is 0. The highest BCUT2D eigenvalue weighted by Gasteiger charge is 2.14. The molecule has 0 radical (unpaired) electrons. The maximum absolute atomic E-state index is 10.6. The van der Waals surface area contributed by atoms with Crippen LogP contribution in [0.25, 0.3) is 0 Å². The van der Waals surface area contributed by atoms with Gasteiger partial charge in [0.1, 0.15) is 12.0 Å². The number of anilines is 1. The van der Waals surface area contributed by atoms with Crippen molar-refractivity contribution in [2.24, 2.45) is 0 Å². The van der Waals surface area contributed by atoms with Gasteiger partial charge in [0.15, 0.2) is 0 Å². The number of likely N-dealkylation sites (N-methyl/N-ethyl adjacent to an activating group) is 1. The lowest BCUT2D eigenvalue weighted by molar-refractivity contribution is -0.385. The minimum absolute atomic E-state index is 0.00227. The van der Waals surface area contributed by atoms with Crippen LogP contribution >= 0.6 is 11.3 Å². The number of hydrogen-bond donors (Lipinski definition) is 1. The molecule has 2 rings (SSSR count). The van der Waals surface area contributed by atoms with E-state index in [1.54, 1.807) is 17.4 Å². The van der Waals surface area contributed by atoms with Crippen molar-refractivity contribution in [3.8, 4) is 0 Å². The summed E-state index contributed by atoms with van der Waals surface area (Å²) >= 11 is 1.67. The fraction of sp³-hybridized carbons (Fsp3) is 0.308. The summed E-state index contributed by atoms with van der Waals surface area (Å²) in [6.07, 6.45) is 1.26. The SMILES string of the molecule is CN(C)[C@H](CNc1ccc([N+](=O)[O-])cn1)c1ccsc1. The summed E-state index contributed by atoms with van der Waals surface area (Å²) in [5, 5.41) is 17.9. The zero-order valence-corrected chi connectivity index (χ0v) is 12.1. The standard InChI is InChI=1S/C13H16N4O2S/c1-16(2)12(10-5-6-20-9-10)8-15-13-4-3-11(7-14-13)17(18)19/h3-7,9,12H,8H2,1-2H3,(H,14,15)/t12-/m1/s1. The van der Waals surface area contributed by atoms with Crippen molar-refractivity contribution >= 4 is 22.8 Å². The molecule has 0 saturated heterocycles. The van der Waals surface area contributed by atoms with Gasteiger partial charge in [0.05, 0.1) is 11.0 Å². The number of nitro groups is 1. The van der Waals surface area contributed by atoms with Crippen LogP contribution in [0.1, 0.15) is 11.6 Å². The van der Waals surface area contributed by atoms with Crippen LogP contribution in [0.15, 0.2) is 35.2 Å². The van der Waals surface area contributed by atoms with Crippen LogP contribution in [0.5, 0.6) is 0 Å². The Balaban J connectivity index is 2.01. The predicted molar refractivity (Wildman–Crippen MR) is 80.1 cm³/mol. The summed E-state index contributed by atoms with van der Waals surface area (Å²) in [4.78, 5) is 16.3. The average molecular weight is 292 g/mol. The molecule has 0 spiro atoms. The largest absolute Gasteiger partial charge is 0.368 e. The Labute approximate surface area is 121 Å². The average Bonchev–Trinajstić information content (AvgIpc) is 2.93. The number of hydrogen-bond acceptors (Lipinski definition) is 6. The summed E-state index contributed by atoms with van der Waals surface area (Å²) in [5.74, 6) is 0.637. The van der Waals surface area contributed by atoms with Crippen LogP contribution < -0.4 is 5.32 Å². The van der Waals surface area contributed by atoms with Crippen LogP contribution in [0.3, 0.4) is 0 Å². The summed E-state index contributed by atoms with van der Waals surface area (Å²) in [7, 11) is 4.04. The normalized spacial score (nSPS) is 12.3. The highest BCUT2D eigenvalue weighted by Crippen LogP contribution is 2.21. The molecule has 1 N–H and O–H groups in total. The Kier molecular flexibility index (Phi) is 4.65. The second-order valence-electron chi connectivity index (χ2n) is 4.58. The van der Waals surface area contributed by atoms with E-state index in [1.807, 2.05) is 14.1 Å². The van der Waals surface area contributed by atoms with Gasteiger partial charge in [-0.1, -0.05) is 0 Å². The topological polar surface area (TPSA) is 71.3 Å². The molecule has 1 atom stereocenters. The molecular formula is C13H16N4O2S. The fourth-order valence-electron chi connectivity index (χ4n) is 1.86. The van der Waals surface area contributed by atoms with Gasteiger partial charge in [-0.05, 0) is 42.6 Å². The van der Waals surface area contributed by atoms with E-state index < -0.39 is 4.92 Å². The van der Waals surface area contributed by atoms with Crippen LogP contribution in [0.4, 0.5) is 11.5 Å². The van der Waals surface area contributed by atoms with Crippen molar-refractivity contribution in [1.29, 1.82) is 0 Å². The first-order valence-electron chi connectivity index (χ1n) is 6.11. The molecule has 7 heteroatoms. The molecule has 0 fully saturated rings. The van der Waals surface area contributed by atoms with E-state index >= 15 is 0 Å². The van der Waals surface area contributed by atoms with Crippen LogP contribution in [0, 0.1) is 10.1 Å². The Morgan fingerprint density at radius 1 is 1.45 bits per heavy atom. The van der Waals surface area contributed by atoms with E-state index in [1.165, 1.54) is 17.8 Å². The minimum Gasteiger partial charge on any atom is -0.368 e. The highest BCUT2D eigenvalue weighted by atomic mass is 32.1. The molecule has 0 aliphatic rings. The molecule has 0 bridgehead atoms. The molecule has 0 unspecified atom stereocenters. The lowest BCUT2D eigenvalue weighted by atomic mass is 10.1. The van der Waals surface area contributed by atoms with E-state index in [2.05, 4.69) is 32.0 Å². The first-order valence-corrected chi connectivity index (χ1v) is 7.05. The van der Waals surface area contributed by atoms with Crippen molar-refractivity contribution in [1.82, 2.24) is 9.88 Å². The fourth-order valence-corrected chi connectivity index (χ4v) is 2.57. The lowest BCUT2D eigenvalue weighted by Crippen LogP contribution is -2.26. The van der Waals surface area contributed by atoms with Crippen molar-refractivity contribution < 1.29 is 4.92 Å². The number of pyridine rings is 1. The van der Waals surface area contributed by atoms with Crippen molar-refractivity contribution in [3.05, 3.63) is 50.8 Å². The summed E-state index contributed by atoms with van der Waals surface area (Å²) in [6, 6.07) is 5.40. The van der Waals surface area contributed by atoms with Gasteiger partial charge in [-0.3, -0.25) is 10.1 Å². The molecule has 2 aromatic heterocycles. The molecule has 20 heavy (non-hydrogen) atoms. The monoisotopic (exact) mass is 292 g/mol. The van der Waals surface area contributed by atoms with Gasteiger partial charge < -0.3 is 10.2 Å². The van der Waals surface area contributed by atoms with E-state index in [0.717, 1.165) is 0 Å². The first kappa shape index (κ1) is 14.4. The quantitative estimate of drug-likeness (QED) is 0.655. The molecule has 2 heterocycles. The van der Waals surface area contributed by atoms with E-state index in [4.69, 9.17) is 0 Å². The van der Waals surface area contributed by atoms with E-state index in [0.29, 0.717) is 12.4 Å². The van der Waals surface area contributed by atoms with Crippen LogP contribution in [-0.2, 0) is 0 Å². The number of rotatable bonds is 6. The zero-order chi connectivity index (χ0) is 14.5.